The second kappa shape index (κ2) is 9.53. The minimum atomic E-state index is -0.518. The van der Waals surface area contributed by atoms with Crippen LogP contribution in [0.3, 0.4) is 0 Å². The first-order valence-electron chi connectivity index (χ1n) is 9.76. The molecule has 8 nitrogen and oxygen atoms in total. The van der Waals surface area contributed by atoms with Crippen molar-refractivity contribution in [3.63, 3.8) is 0 Å². The first-order chi connectivity index (χ1) is 14.3. The normalized spacial score (nSPS) is 14.5. The van der Waals surface area contributed by atoms with Gasteiger partial charge in [0.1, 0.15) is 11.6 Å². The van der Waals surface area contributed by atoms with E-state index in [0.717, 1.165) is 0 Å². The van der Waals surface area contributed by atoms with Gasteiger partial charge in [0.25, 0.3) is 5.91 Å². The smallest absolute Gasteiger partial charge is 0.289 e. The SMILES string of the molecule is Cc1ccc(C(=O)N2CCN(CC(=O)N(CCC(N)=O)c3ccc(F)cc3)CC2)o1. The molecule has 0 atom stereocenters. The average molecular weight is 416 g/mol. The predicted molar refractivity (Wildman–Crippen MR) is 108 cm³/mol. The third-order valence-electron chi connectivity index (χ3n) is 4.99. The topological polar surface area (TPSA) is 100 Å². The van der Waals surface area contributed by atoms with E-state index in [9.17, 15) is 18.8 Å². The van der Waals surface area contributed by atoms with Crippen LogP contribution in [0.15, 0.2) is 40.8 Å². The molecule has 1 aromatic heterocycles. The van der Waals surface area contributed by atoms with Crippen molar-refractivity contribution >= 4 is 23.4 Å². The molecular weight excluding hydrogens is 391 g/mol. The molecule has 2 N–H and O–H groups in total. The summed E-state index contributed by atoms with van der Waals surface area (Å²) < 4.78 is 18.6. The summed E-state index contributed by atoms with van der Waals surface area (Å²) in [6.45, 7) is 4.04. The second-order valence-corrected chi connectivity index (χ2v) is 7.22. The number of carbonyl (C=O) groups is 3. The molecule has 0 bridgehead atoms. The summed E-state index contributed by atoms with van der Waals surface area (Å²) in [6.07, 6.45) is 0.00790. The number of piperazine rings is 1. The number of furan rings is 1. The van der Waals surface area contributed by atoms with Crippen molar-refractivity contribution in [3.05, 3.63) is 53.7 Å². The van der Waals surface area contributed by atoms with Crippen LogP contribution in [-0.4, -0.2) is 66.8 Å². The van der Waals surface area contributed by atoms with E-state index in [1.54, 1.807) is 24.0 Å². The maximum absolute atomic E-state index is 13.2. The Kier molecular flexibility index (Phi) is 6.83. The zero-order valence-corrected chi connectivity index (χ0v) is 16.8. The fourth-order valence-electron chi connectivity index (χ4n) is 3.33. The zero-order chi connectivity index (χ0) is 21.7. The number of amides is 3. The van der Waals surface area contributed by atoms with Crippen LogP contribution in [0, 0.1) is 12.7 Å². The Morgan fingerprint density at radius 1 is 1.07 bits per heavy atom. The number of benzene rings is 1. The van der Waals surface area contributed by atoms with Gasteiger partial charge in [-0.1, -0.05) is 0 Å². The molecule has 2 heterocycles. The number of nitrogens with two attached hydrogens (primary N) is 1. The van der Waals surface area contributed by atoms with Gasteiger partial charge in [-0.25, -0.2) is 4.39 Å². The van der Waals surface area contributed by atoms with Gasteiger partial charge >= 0.3 is 0 Å². The third kappa shape index (κ3) is 5.44. The van der Waals surface area contributed by atoms with Crippen molar-refractivity contribution < 1.29 is 23.2 Å². The Hall–Kier alpha value is -3.20. The predicted octanol–water partition coefficient (Wildman–Crippen LogP) is 1.39. The summed E-state index contributed by atoms with van der Waals surface area (Å²) in [5.74, 6) is -0.318. The largest absolute Gasteiger partial charge is 0.456 e. The molecule has 0 unspecified atom stereocenters. The van der Waals surface area contributed by atoms with E-state index in [-0.39, 0.29) is 31.3 Å². The first-order valence-corrected chi connectivity index (χ1v) is 9.76. The summed E-state index contributed by atoms with van der Waals surface area (Å²) in [4.78, 5) is 41.6. The summed E-state index contributed by atoms with van der Waals surface area (Å²) in [5.41, 5.74) is 5.73. The quantitative estimate of drug-likeness (QED) is 0.735. The highest BCUT2D eigenvalue weighted by Crippen LogP contribution is 2.17. The first kappa shape index (κ1) is 21.5. The van der Waals surface area contributed by atoms with Crippen LogP contribution in [0.25, 0.3) is 0 Å². The average Bonchev–Trinajstić information content (AvgIpc) is 3.15. The molecule has 0 aliphatic carbocycles. The van der Waals surface area contributed by atoms with Crippen LogP contribution in [0.2, 0.25) is 0 Å². The summed E-state index contributed by atoms with van der Waals surface area (Å²) >= 11 is 0. The molecule has 1 aromatic carbocycles. The molecule has 9 heteroatoms. The Morgan fingerprint density at radius 3 is 2.30 bits per heavy atom. The van der Waals surface area contributed by atoms with E-state index in [2.05, 4.69) is 0 Å². The Labute approximate surface area is 174 Å². The fourth-order valence-corrected chi connectivity index (χ4v) is 3.33. The number of carbonyl (C=O) groups excluding carboxylic acids is 3. The van der Waals surface area contributed by atoms with Gasteiger partial charge in [0, 0.05) is 44.8 Å². The lowest BCUT2D eigenvalue weighted by Crippen LogP contribution is -2.51. The number of rotatable bonds is 7. The van der Waals surface area contributed by atoms with Crippen molar-refractivity contribution in [2.24, 2.45) is 5.73 Å². The highest BCUT2D eigenvalue weighted by atomic mass is 19.1. The minimum absolute atomic E-state index is 0.00790. The molecule has 0 spiro atoms. The summed E-state index contributed by atoms with van der Waals surface area (Å²) in [7, 11) is 0. The lowest BCUT2D eigenvalue weighted by atomic mass is 10.2. The van der Waals surface area contributed by atoms with E-state index in [1.807, 2.05) is 4.90 Å². The Balaban J connectivity index is 1.58. The molecule has 0 radical (unpaired) electrons. The number of nitrogens with zero attached hydrogens (tertiary/aromatic N) is 3. The van der Waals surface area contributed by atoms with Crippen molar-refractivity contribution in [2.45, 2.75) is 13.3 Å². The molecule has 1 aliphatic rings. The molecule has 1 fully saturated rings. The van der Waals surface area contributed by atoms with Crippen LogP contribution < -0.4 is 10.6 Å². The highest BCUT2D eigenvalue weighted by Gasteiger charge is 2.26. The Bertz CT molecular complexity index is 904. The van der Waals surface area contributed by atoms with Gasteiger partial charge in [0.15, 0.2) is 5.76 Å². The van der Waals surface area contributed by atoms with Crippen LogP contribution in [-0.2, 0) is 9.59 Å². The van der Waals surface area contributed by atoms with Crippen molar-refractivity contribution in [3.8, 4) is 0 Å². The standard InChI is InChI=1S/C21H25FN4O4/c1-15-2-7-18(30-15)21(29)25-12-10-24(11-13-25)14-20(28)26(9-8-19(23)27)17-5-3-16(22)4-6-17/h2-7H,8-14H2,1H3,(H2,23,27). The van der Waals surface area contributed by atoms with Gasteiger partial charge in [0.05, 0.1) is 6.54 Å². The van der Waals surface area contributed by atoms with Crippen LogP contribution in [0.1, 0.15) is 22.7 Å². The van der Waals surface area contributed by atoms with E-state index in [0.29, 0.717) is 43.4 Å². The number of halogens is 1. The molecule has 3 rings (SSSR count). The molecular formula is C21H25FN4O4. The van der Waals surface area contributed by atoms with Gasteiger partial charge in [-0.3, -0.25) is 19.3 Å². The highest BCUT2D eigenvalue weighted by molar-refractivity contribution is 5.95. The van der Waals surface area contributed by atoms with Crippen LogP contribution in [0.4, 0.5) is 10.1 Å². The molecule has 30 heavy (non-hydrogen) atoms. The molecule has 0 saturated carbocycles. The minimum Gasteiger partial charge on any atom is -0.456 e. The number of hydrogen-bond donors (Lipinski definition) is 1. The van der Waals surface area contributed by atoms with Crippen molar-refractivity contribution in [2.75, 3.05) is 44.2 Å². The maximum Gasteiger partial charge on any atom is 0.289 e. The second-order valence-electron chi connectivity index (χ2n) is 7.22. The zero-order valence-electron chi connectivity index (χ0n) is 16.8. The Morgan fingerprint density at radius 2 is 1.73 bits per heavy atom. The van der Waals surface area contributed by atoms with Crippen molar-refractivity contribution in [1.29, 1.82) is 0 Å². The fraction of sp³-hybridized carbons (Fsp3) is 0.381. The third-order valence-corrected chi connectivity index (χ3v) is 4.99. The molecule has 1 aliphatic heterocycles. The van der Waals surface area contributed by atoms with Gasteiger partial charge in [0.2, 0.25) is 11.8 Å². The van der Waals surface area contributed by atoms with E-state index >= 15 is 0 Å². The monoisotopic (exact) mass is 416 g/mol. The molecule has 3 amide bonds. The number of anilines is 1. The van der Waals surface area contributed by atoms with Gasteiger partial charge in [-0.2, -0.15) is 0 Å². The van der Waals surface area contributed by atoms with Crippen molar-refractivity contribution in [1.82, 2.24) is 9.80 Å². The van der Waals surface area contributed by atoms with E-state index in [4.69, 9.17) is 10.2 Å². The molecule has 1 saturated heterocycles. The van der Waals surface area contributed by atoms with Crippen LogP contribution >= 0.6 is 0 Å². The maximum atomic E-state index is 13.2. The van der Waals surface area contributed by atoms with E-state index in [1.165, 1.54) is 29.2 Å². The molecule has 2 aromatic rings. The summed E-state index contributed by atoms with van der Waals surface area (Å²) in [5, 5.41) is 0. The lowest BCUT2D eigenvalue weighted by molar-refractivity contribution is -0.120. The molecule has 160 valence electrons. The lowest BCUT2D eigenvalue weighted by Gasteiger charge is -2.35. The van der Waals surface area contributed by atoms with Gasteiger partial charge in [-0.05, 0) is 43.3 Å². The van der Waals surface area contributed by atoms with Crippen LogP contribution in [0.5, 0.6) is 0 Å². The van der Waals surface area contributed by atoms with Gasteiger partial charge < -0.3 is 20.0 Å². The number of primary amides is 1. The summed E-state index contributed by atoms with van der Waals surface area (Å²) in [6, 6.07) is 8.93. The number of aryl methyl sites for hydroxylation is 1. The number of hydrogen-bond acceptors (Lipinski definition) is 5. The van der Waals surface area contributed by atoms with Gasteiger partial charge in [-0.15, -0.1) is 0 Å². The van der Waals surface area contributed by atoms with E-state index < -0.39 is 11.7 Å².